The lowest BCUT2D eigenvalue weighted by atomic mass is 9.82. The van der Waals surface area contributed by atoms with E-state index in [0.29, 0.717) is 11.3 Å². The maximum Gasteiger partial charge on any atom is 0.239 e. The summed E-state index contributed by atoms with van der Waals surface area (Å²) in [6.45, 7) is 7.49. The molecule has 0 spiro atoms. The van der Waals surface area contributed by atoms with Crippen LogP contribution in [0.25, 0.3) is 0 Å². The number of nitrogens with zero attached hydrogens (tertiary/aromatic N) is 1. The van der Waals surface area contributed by atoms with Crippen molar-refractivity contribution in [3.63, 3.8) is 0 Å². The van der Waals surface area contributed by atoms with Crippen molar-refractivity contribution in [2.75, 3.05) is 19.6 Å². The summed E-state index contributed by atoms with van der Waals surface area (Å²) in [5.41, 5.74) is 0.407. The van der Waals surface area contributed by atoms with Crippen LogP contribution in [0.2, 0.25) is 0 Å². The Morgan fingerprint density at radius 1 is 1.33 bits per heavy atom. The number of piperidine rings is 1. The van der Waals surface area contributed by atoms with Crippen molar-refractivity contribution < 1.29 is 4.79 Å². The van der Waals surface area contributed by atoms with E-state index in [-0.39, 0.29) is 18.4 Å². The highest BCUT2D eigenvalue weighted by Gasteiger charge is 2.38. The number of hydrogen-bond acceptors (Lipinski definition) is 2. The van der Waals surface area contributed by atoms with Gasteiger partial charge in [0.15, 0.2) is 0 Å². The second-order valence-corrected chi connectivity index (χ2v) is 5.72. The van der Waals surface area contributed by atoms with Crippen LogP contribution < -0.4 is 5.32 Å². The Labute approximate surface area is 117 Å². The number of carbonyl (C=O) groups excluding carboxylic acids is 1. The Morgan fingerprint density at radius 3 is 2.56 bits per heavy atom. The van der Waals surface area contributed by atoms with Crippen molar-refractivity contribution in [3.05, 3.63) is 0 Å². The van der Waals surface area contributed by atoms with Gasteiger partial charge in [-0.05, 0) is 44.1 Å². The van der Waals surface area contributed by atoms with Crippen LogP contribution in [0.4, 0.5) is 0 Å². The molecule has 0 aliphatic carbocycles. The van der Waals surface area contributed by atoms with Gasteiger partial charge < -0.3 is 10.2 Å². The van der Waals surface area contributed by atoms with E-state index >= 15 is 0 Å². The third-order valence-corrected chi connectivity index (χ3v) is 4.86. The molecule has 2 aliphatic rings. The van der Waals surface area contributed by atoms with E-state index < -0.39 is 0 Å². The molecule has 106 valence electrons. The van der Waals surface area contributed by atoms with Crippen LogP contribution in [-0.4, -0.2) is 36.5 Å². The molecule has 2 fully saturated rings. The predicted octanol–water partition coefficient (Wildman–Crippen LogP) is 2.59. The minimum Gasteiger partial charge on any atom is -0.341 e. The summed E-state index contributed by atoms with van der Waals surface area (Å²) in [4.78, 5) is 14.5. The highest BCUT2D eigenvalue weighted by atomic mass is 35.5. The van der Waals surface area contributed by atoms with Gasteiger partial charge in [-0.1, -0.05) is 20.3 Å². The van der Waals surface area contributed by atoms with Gasteiger partial charge in [0.25, 0.3) is 0 Å². The summed E-state index contributed by atoms with van der Waals surface area (Å²) in [5, 5.41) is 3.37. The standard InChI is InChI=1S/C14H26N2O.ClH/c1-3-14(4-2)8-10-16(11-14)13(17)12-7-5-6-9-15-12;/h12,15H,3-11H2,1-2H3;1H/t12-;/m0./s1. The summed E-state index contributed by atoms with van der Waals surface area (Å²) < 4.78 is 0. The van der Waals surface area contributed by atoms with Crippen LogP contribution in [0.1, 0.15) is 52.4 Å². The lowest BCUT2D eigenvalue weighted by Gasteiger charge is -2.30. The normalized spacial score (nSPS) is 26.8. The zero-order chi connectivity index (χ0) is 12.3. The summed E-state index contributed by atoms with van der Waals surface area (Å²) >= 11 is 0. The van der Waals surface area contributed by atoms with Gasteiger partial charge in [0.05, 0.1) is 6.04 Å². The van der Waals surface area contributed by atoms with Crippen molar-refractivity contribution >= 4 is 18.3 Å². The van der Waals surface area contributed by atoms with E-state index in [9.17, 15) is 4.79 Å². The van der Waals surface area contributed by atoms with Crippen LogP contribution in [0.5, 0.6) is 0 Å². The molecule has 1 amide bonds. The van der Waals surface area contributed by atoms with Gasteiger partial charge in [0.2, 0.25) is 5.91 Å². The minimum atomic E-state index is 0. The molecule has 2 rings (SSSR count). The predicted molar refractivity (Wildman–Crippen MR) is 77.1 cm³/mol. The molecular weight excluding hydrogens is 248 g/mol. The Hall–Kier alpha value is -0.280. The lowest BCUT2D eigenvalue weighted by Crippen LogP contribution is -2.48. The quantitative estimate of drug-likeness (QED) is 0.858. The molecule has 4 heteroatoms. The van der Waals surface area contributed by atoms with Gasteiger partial charge in [-0.25, -0.2) is 0 Å². The maximum absolute atomic E-state index is 12.4. The molecular formula is C14H27ClN2O. The SMILES string of the molecule is CCC1(CC)CCN(C(=O)[C@@H]2CCCCN2)C1.Cl. The van der Waals surface area contributed by atoms with Gasteiger partial charge in [0.1, 0.15) is 0 Å². The fourth-order valence-electron chi connectivity index (χ4n) is 3.23. The van der Waals surface area contributed by atoms with Gasteiger partial charge in [-0.15, -0.1) is 12.4 Å². The molecule has 0 saturated carbocycles. The van der Waals surface area contributed by atoms with Gasteiger partial charge >= 0.3 is 0 Å². The fraction of sp³-hybridized carbons (Fsp3) is 0.929. The fourth-order valence-corrected chi connectivity index (χ4v) is 3.23. The molecule has 1 N–H and O–H groups in total. The third kappa shape index (κ3) is 3.18. The second-order valence-electron chi connectivity index (χ2n) is 5.72. The Balaban J connectivity index is 0.00000162. The number of nitrogens with one attached hydrogen (secondary N) is 1. The Kier molecular flexibility index (Phi) is 5.93. The maximum atomic E-state index is 12.4. The minimum absolute atomic E-state index is 0. The van der Waals surface area contributed by atoms with Crippen molar-refractivity contribution in [1.29, 1.82) is 0 Å². The summed E-state index contributed by atoms with van der Waals surface area (Å²) in [6.07, 6.45) is 7.04. The molecule has 0 aromatic heterocycles. The monoisotopic (exact) mass is 274 g/mol. The van der Waals surface area contributed by atoms with Gasteiger partial charge in [0, 0.05) is 13.1 Å². The topological polar surface area (TPSA) is 32.3 Å². The smallest absolute Gasteiger partial charge is 0.239 e. The molecule has 2 saturated heterocycles. The van der Waals surface area contributed by atoms with E-state index in [1.165, 1.54) is 32.1 Å². The molecule has 18 heavy (non-hydrogen) atoms. The zero-order valence-corrected chi connectivity index (χ0v) is 12.5. The first-order valence-corrected chi connectivity index (χ1v) is 7.23. The number of likely N-dealkylation sites (tertiary alicyclic amines) is 1. The van der Waals surface area contributed by atoms with Crippen molar-refractivity contribution in [2.45, 2.75) is 58.4 Å². The first kappa shape index (κ1) is 15.8. The highest BCUT2D eigenvalue weighted by Crippen LogP contribution is 2.37. The Morgan fingerprint density at radius 2 is 2.06 bits per heavy atom. The first-order chi connectivity index (χ1) is 8.21. The molecule has 0 aromatic rings. The van der Waals surface area contributed by atoms with Crippen molar-refractivity contribution in [2.24, 2.45) is 5.41 Å². The molecule has 3 nitrogen and oxygen atoms in total. The summed E-state index contributed by atoms with van der Waals surface area (Å²) in [5.74, 6) is 0.355. The van der Waals surface area contributed by atoms with Crippen LogP contribution >= 0.6 is 12.4 Å². The molecule has 2 heterocycles. The van der Waals surface area contributed by atoms with Crippen LogP contribution in [0.3, 0.4) is 0 Å². The summed E-state index contributed by atoms with van der Waals surface area (Å²) in [6, 6.07) is 0.105. The molecule has 1 atom stereocenters. The van der Waals surface area contributed by atoms with E-state index in [0.717, 1.165) is 26.1 Å². The number of halogens is 1. The first-order valence-electron chi connectivity index (χ1n) is 7.23. The average Bonchev–Trinajstić information content (AvgIpc) is 2.84. The summed E-state index contributed by atoms with van der Waals surface area (Å²) in [7, 11) is 0. The molecule has 0 unspecified atom stereocenters. The van der Waals surface area contributed by atoms with Crippen molar-refractivity contribution in [1.82, 2.24) is 10.2 Å². The van der Waals surface area contributed by atoms with Crippen LogP contribution in [0.15, 0.2) is 0 Å². The molecule has 2 aliphatic heterocycles. The third-order valence-electron chi connectivity index (χ3n) is 4.86. The Bertz CT molecular complexity index is 273. The number of carbonyl (C=O) groups is 1. The van der Waals surface area contributed by atoms with Crippen LogP contribution in [0, 0.1) is 5.41 Å². The second kappa shape index (κ2) is 6.76. The van der Waals surface area contributed by atoms with E-state index in [2.05, 4.69) is 24.1 Å². The average molecular weight is 275 g/mol. The molecule has 0 bridgehead atoms. The number of rotatable bonds is 3. The largest absolute Gasteiger partial charge is 0.341 e. The number of hydrogen-bond donors (Lipinski definition) is 1. The van der Waals surface area contributed by atoms with Crippen LogP contribution in [-0.2, 0) is 4.79 Å². The zero-order valence-electron chi connectivity index (χ0n) is 11.7. The van der Waals surface area contributed by atoms with E-state index in [4.69, 9.17) is 0 Å². The molecule has 0 radical (unpaired) electrons. The molecule has 0 aromatic carbocycles. The lowest BCUT2D eigenvalue weighted by molar-refractivity contribution is -0.133. The van der Waals surface area contributed by atoms with Crippen molar-refractivity contribution in [3.8, 4) is 0 Å². The highest BCUT2D eigenvalue weighted by molar-refractivity contribution is 5.85. The number of amides is 1. The van der Waals surface area contributed by atoms with E-state index in [1.54, 1.807) is 0 Å². The van der Waals surface area contributed by atoms with Gasteiger partial charge in [-0.2, -0.15) is 0 Å². The van der Waals surface area contributed by atoms with E-state index in [1.807, 2.05) is 0 Å². The van der Waals surface area contributed by atoms with Gasteiger partial charge in [-0.3, -0.25) is 4.79 Å².